The Balaban J connectivity index is 1.75. The molecule has 192 valence electrons. The number of rotatable bonds is 6. The van der Waals surface area contributed by atoms with Gasteiger partial charge in [0.15, 0.2) is 0 Å². The molecule has 0 amide bonds. The van der Waals surface area contributed by atoms with E-state index in [9.17, 15) is 14.3 Å². The van der Waals surface area contributed by atoms with E-state index in [0.29, 0.717) is 45.5 Å². The van der Waals surface area contributed by atoms with Gasteiger partial charge in [-0.05, 0) is 92.4 Å². The molecule has 0 aliphatic heterocycles. The number of aryl methyl sites for hydroxylation is 4. The third kappa shape index (κ3) is 5.47. The lowest BCUT2D eigenvalue weighted by atomic mass is 10.0. The zero-order valence-corrected chi connectivity index (χ0v) is 23.1. The van der Waals surface area contributed by atoms with Crippen LogP contribution in [0, 0.1) is 33.5 Å². The largest absolute Gasteiger partial charge is 0.486 e. The molecule has 0 aliphatic carbocycles. The Morgan fingerprint density at radius 2 is 1.76 bits per heavy atom. The Morgan fingerprint density at radius 3 is 2.43 bits per heavy atom. The van der Waals surface area contributed by atoms with Crippen molar-refractivity contribution in [2.45, 2.75) is 53.8 Å². The fraction of sp³-hybridized carbons (Fsp3) is 0.286. The van der Waals surface area contributed by atoms with Gasteiger partial charge in [0.05, 0.1) is 34.7 Å². The second-order valence-electron chi connectivity index (χ2n) is 9.59. The summed E-state index contributed by atoms with van der Waals surface area (Å²) in [5.74, 6) is -0.0447. The molecule has 0 fully saturated rings. The normalized spacial score (nSPS) is 11.6. The third-order valence-corrected chi connectivity index (χ3v) is 6.83. The first kappa shape index (κ1) is 26.6. The van der Waals surface area contributed by atoms with E-state index >= 15 is 0 Å². The molecular weight excluding hydrogens is 539 g/mol. The van der Waals surface area contributed by atoms with Crippen molar-refractivity contribution in [3.63, 3.8) is 0 Å². The van der Waals surface area contributed by atoms with Gasteiger partial charge in [0.1, 0.15) is 28.2 Å². The molecule has 0 saturated heterocycles. The number of pyridine rings is 4. The predicted octanol–water partition coefficient (Wildman–Crippen LogP) is 5.63. The van der Waals surface area contributed by atoms with E-state index in [1.807, 2.05) is 32.9 Å². The molecular formula is C28H28BrFN4O3. The van der Waals surface area contributed by atoms with Crippen molar-refractivity contribution in [3.05, 3.63) is 97.1 Å². The minimum absolute atomic E-state index is 0.0918. The fourth-order valence-electron chi connectivity index (χ4n) is 3.96. The smallest absolute Gasteiger partial charge is 0.273 e. The van der Waals surface area contributed by atoms with Crippen molar-refractivity contribution >= 4 is 15.9 Å². The SMILES string of the molecule is Cc1cnc(-c2nc(C(C)(C)O)ccc2C)cc1-n1c(C)cc(OCc2ncc(F)cc2C)c(Br)c1=O. The van der Waals surface area contributed by atoms with Crippen molar-refractivity contribution in [1.82, 2.24) is 19.5 Å². The highest BCUT2D eigenvalue weighted by Crippen LogP contribution is 2.29. The van der Waals surface area contributed by atoms with E-state index in [4.69, 9.17) is 4.74 Å². The highest BCUT2D eigenvalue weighted by Gasteiger charge is 2.21. The van der Waals surface area contributed by atoms with Crippen LogP contribution in [-0.2, 0) is 12.2 Å². The van der Waals surface area contributed by atoms with Gasteiger partial charge < -0.3 is 9.84 Å². The Morgan fingerprint density at radius 1 is 1.03 bits per heavy atom. The van der Waals surface area contributed by atoms with E-state index in [-0.39, 0.29) is 16.6 Å². The standard InChI is InChI=1S/C28H28BrFN4O3/c1-15-7-8-24(28(5,6)36)33-26(15)20-11-22(17(3)12-31-20)34-18(4)10-23(25(29)27(34)35)37-14-21-16(2)9-19(30)13-32-21/h7-13,36H,14H2,1-6H3. The number of aliphatic hydroxyl groups is 1. The lowest BCUT2D eigenvalue weighted by Crippen LogP contribution is -2.23. The average molecular weight is 567 g/mol. The third-order valence-electron chi connectivity index (χ3n) is 6.10. The van der Waals surface area contributed by atoms with Gasteiger partial charge in [-0.3, -0.25) is 19.3 Å². The summed E-state index contributed by atoms with van der Waals surface area (Å²) in [5, 5.41) is 10.4. The summed E-state index contributed by atoms with van der Waals surface area (Å²) in [4.78, 5) is 26.8. The molecule has 0 aliphatic rings. The van der Waals surface area contributed by atoms with E-state index in [0.717, 1.165) is 17.3 Å². The minimum atomic E-state index is -1.10. The predicted molar refractivity (Wildman–Crippen MR) is 143 cm³/mol. The van der Waals surface area contributed by atoms with Crippen molar-refractivity contribution in [2.24, 2.45) is 0 Å². The summed E-state index contributed by atoms with van der Waals surface area (Å²) >= 11 is 3.40. The monoisotopic (exact) mass is 566 g/mol. The molecule has 9 heteroatoms. The second-order valence-corrected chi connectivity index (χ2v) is 10.4. The molecule has 0 spiro atoms. The first-order valence-electron chi connectivity index (χ1n) is 11.7. The number of aromatic nitrogens is 4. The molecule has 0 atom stereocenters. The van der Waals surface area contributed by atoms with Crippen LogP contribution in [0.15, 0.2) is 52.0 Å². The number of ether oxygens (including phenoxy) is 1. The molecule has 37 heavy (non-hydrogen) atoms. The van der Waals surface area contributed by atoms with Crippen LogP contribution >= 0.6 is 15.9 Å². The zero-order chi connectivity index (χ0) is 27.1. The van der Waals surface area contributed by atoms with Crippen LogP contribution in [0.3, 0.4) is 0 Å². The molecule has 4 aromatic rings. The maximum Gasteiger partial charge on any atom is 0.273 e. The van der Waals surface area contributed by atoms with Crippen molar-refractivity contribution in [3.8, 4) is 22.8 Å². The Kier molecular flexibility index (Phi) is 7.30. The first-order valence-corrected chi connectivity index (χ1v) is 12.5. The molecule has 4 rings (SSSR count). The molecule has 0 unspecified atom stereocenters. The summed E-state index contributed by atoms with van der Waals surface area (Å²) in [5.41, 5.74) is 4.61. The first-order chi connectivity index (χ1) is 17.4. The average Bonchev–Trinajstić information content (AvgIpc) is 2.82. The van der Waals surface area contributed by atoms with Gasteiger partial charge in [0.2, 0.25) is 0 Å². The fourth-order valence-corrected chi connectivity index (χ4v) is 4.37. The minimum Gasteiger partial charge on any atom is -0.486 e. The lowest BCUT2D eigenvalue weighted by molar-refractivity contribution is 0.0739. The van der Waals surface area contributed by atoms with E-state index in [1.165, 1.54) is 6.07 Å². The topological polar surface area (TPSA) is 90.1 Å². The van der Waals surface area contributed by atoms with Gasteiger partial charge in [0.25, 0.3) is 5.56 Å². The summed E-state index contributed by atoms with van der Waals surface area (Å²) in [6.07, 6.45) is 2.84. The van der Waals surface area contributed by atoms with Crippen LogP contribution in [0.1, 0.15) is 47.6 Å². The number of halogens is 2. The van der Waals surface area contributed by atoms with E-state index < -0.39 is 11.4 Å². The van der Waals surface area contributed by atoms with Crippen LogP contribution in [0.4, 0.5) is 4.39 Å². The van der Waals surface area contributed by atoms with Crippen LogP contribution in [0.25, 0.3) is 17.1 Å². The van der Waals surface area contributed by atoms with E-state index in [1.54, 1.807) is 43.7 Å². The van der Waals surface area contributed by atoms with Gasteiger partial charge in [-0.15, -0.1) is 0 Å². The number of hydrogen-bond acceptors (Lipinski definition) is 6. The molecule has 1 N–H and O–H groups in total. The Hall–Kier alpha value is -3.43. The molecule has 7 nitrogen and oxygen atoms in total. The highest BCUT2D eigenvalue weighted by molar-refractivity contribution is 9.10. The Labute approximate surface area is 223 Å². The Bertz CT molecular complexity index is 1560. The van der Waals surface area contributed by atoms with Gasteiger partial charge >= 0.3 is 0 Å². The summed E-state index contributed by atoms with van der Waals surface area (Å²) < 4.78 is 21.1. The zero-order valence-electron chi connectivity index (χ0n) is 21.6. The van der Waals surface area contributed by atoms with Crippen LogP contribution in [0.2, 0.25) is 0 Å². The molecule has 0 aromatic carbocycles. The summed E-state index contributed by atoms with van der Waals surface area (Å²) in [6, 6.07) is 8.67. The van der Waals surface area contributed by atoms with Crippen LogP contribution in [-0.4, -0.2) is 24.6 Å². The highest BCUT2D eigenvalue weighted by atomic mass is 79.9. The van der Waals surface area contributed by atoms with Crippen LogP contribution < -0.4 is 10.3 Å². The molecule has 4 heterocycles. The molecule has 0 bridgehead atoms. The maximum absolute atomic E-state index is 13.5. The number of hydrogen-bond donors (Lipinski definition) is 1. The second kappa shape index (κ2) is 10.1. The van der Waals surface area contributed by atoms with Gasteiger partial charge in [-0.1, -0.05) is 6.07 Å². The van der Waals surface area contributed by atoms with Crippen molar-refractivity contribution in [1.29, 1.82) is 0 Å². The quantitative estimate of drug-likeness (QED) is 0.325. The van der Waals surface area contributed by atoms with Crippen LogP contribution in [0.5, 0.6) is 5.75 Å². The van der Waals surface area contributed by atoms with Gasteiger partial charge in [-0.2, -0.15) is 0 Å². The van der Waals surface area contributed by atoms with E-state index in [2.05, 4.69) is 30.9 Å². The number of nitrogens with zero attached hydrogens (tertiary/aromatic N) is 4. The lowest BCUT2D eigenvalue weighted by Gasteiger charge is -2.19. The van der Waals surface area contributed by atoms with Gasteiger partial charge in [0, 0.05) is 18.0 Å². The summed E-state index contributed by atoms with van der Waals surface area (Å²) in [7, 11) is 0. The van der Waals surface area contributed by atoms with Gasteiger partial charge in [-0.25, -0.2) is 9.37 Å². The molecule has 4 aromatic heterocycles. The van der Waals surface area contributed by atoms with Crippen molar-refractivity contribution in [2.75, 3.05) is 0 Å². The summed E-state index contributed by atoms with van der Waals surface area (Å²) in [6.45, 7) is 10.8. The molecule has 0 radical (unpaired) electrons. The van der Waals surface area contributed by atoms with Crippen molar-refractivity contribution < 1.29 is 14.2 Å². The molecule has 0 saturated carbocycles. The maximum atomic E-state index is 13.5.